The molecule has 4 heteroatoms. The Kier molecular flexibility index (Phi) is 6.98. The molecule has 1 unspecified atom stereocenters. The minimum absolute atomic E-state index is 0.0320. The van der Waals surface area contributed by atoms with Crippen LogP contribution >= 0.6 is 0 Å². The van der Waals surface area contributed by atoms with Crippen molar-refractivity contribution in [2.45, 2.75) is 44.6 Å². The molecule has 18 heavy (non-hydrogen) atoms. The summed E-state index contributed by atoms with van der Waals surface area (Å²) >= 11 is 0. The minimum Gasteiger partial charge on any atom is -0.395 e. The molecule has 0 spiro atoms. The predicted molar refractivity (Wildman–Crippen MR) is 73.0 cm³/mol. The normalized spacial score (nSPS) is 18.3. The van der Waals surface area contributed by atoms with Gasteiger partial charge in [-0.25, -0.2) is 0 Å². The topological polar surface area (TPSA) is 66.6 Å². The van der Waals surface area contributed by atoms with Crippen molar-refractivity contribution in [1.82, 2.24) is 4.90 Å². The zero-order chi connectivity index (χ0) is 13.4. The lowest BCUT2D eigenvalue weighted by Gasteiger charge is -2.28. The number of carbonyl (C=O) groups excluding carboxylic acids is 1. The van der Waals surface area contributed by atoms with E-state index in [-0.39, 0.29) is 12.5 Å². The summed E-state index contributed by atoms with van der Waals surface area (Å²) in [5.74, 6) is 0.534. The van der Waals surface area contributed by atoms with E-state index in [1.54, 1.807) is 11.0 Å². The molecule has 1 atom stereocenters. The first kappa shape index (κ1) is 15.2. The van der Waals surface area contributed by atoms with E-state index < -0.39 is 6.04 Å². The Labute approximate surface area is 110 Å². The fraction of sp³-hybridized carbons (Fsp3) is 0.786. The second-order valence-corrected chi connectivity index (χ2v) is 5.14. The summed E-state index contributed by atoms with van der Waals surface area (Å²) in [5.41, 5.74) is 6.00. The van der Waals surface area contributed by atoms with Crippen LogP contribution in [-0.4, -0.2) is 41.7 Å². The number of amides is 1. The van der Waals surface area contributed by atoms with Crippen molar-refractivity contribution < 1.29 is 9.90 Å². The van der Waals surface area contributed by atoms with Gasteiger partial charge < -0.3 is 15.7 Å². The van der Waals surface area contributed by atoms with Gasteiger partial charge in [0.1, 0.15) is 0 Å². The van der Waals surface area contributed by atoms with Gasteiger partial charge in [-0.2, -0.15) is 0 Å². The van der Waals surface area contributed by atoms with E-state index in [0.29, 0.717) is 19.0 Å². The number of hydrogen-bond donors (Lipinski definition) is 2. The molecular formula is C14H26N2O2. The maximum Gasteiger partial charge on any atom is 0.239 e. The minimum atomic E-state index is -0.431. The summed E-state index contributed by atoms with van der Waals surface area (Å²) in [6, 6.07) is -0.431. The number of aliphatic hydroxyl groups excluding tert-OH is 1. The number of rotatable bonds is 7. The summed E-state index contributed by atoms with van der Waals surface area (Å²) in [7, 11) is 0. The summed E-state index contributed by atoms with van der Waals surface area (Å²) < 4.78 is 0. The van der Waals surface area contributed by atoms with Gasteiger partial charge in [0.15, 0.2) is 0 Å². The van der Waals surface area contributed by atoms with Crippen molar-refractivity contribution in [1.29, 1.82) is 0 Å². The molecule has 1 rings (SSSR count). The number of aliphatic hydroxyl groups is 1. The third kappa shape index (κ3) is 4.78. The van der Waals surface area contributed by atoms with Crippen LogP contribution in [0.4, 0.5) is 0 Å². The molecule has 1 fully saturated rings. The van der Waals surface area contributed by atoms with Gasteiger partial charge in [-0.15, -0.1) is 6.58 Å². The van der Waals surface area contributed by atoms with Crippen LogP contribution in [0.15, 0.2) is 12.7 Å². The van der Waals surface area contributed by atoms with Crippen molar-refractivity contribution >= 4 is 5.91 Å². The molecule has 104 valence electrons. The van der Waals surface area contributed by atoms with Crippen LogP contribution in [0, 0.1) is 5.92 Å². The van der Waals surface area contributed by atoms with Gasteiger partial charge in [0.25, 0.3) is 0 Å². The van der Waals surface area contributed by atoms with Crippen LogP contribution in [0.25, 0.3) is 0 Å². The van der Waals surface area contributed by atoms with E-state index in [1.165, 1.54) is 32.1 Å². The zero-order valence-corrected chi connectivity index (χ0v) is 11.2. The third-order valence-corrected chi connectivity index (χ3v) is 3.66. The fourth-order valence-corrected chi connectivity index (χ4v) is 2.69. The van der Waals surface area contributed by atoms with E-state index in [0.717, 1.165) is 6.42 Å². The molecule has 3 N–H and O–H groups in total. The number of hydrogen-bond acceptors (Lipinski definition) is 3. The maximum atomic E-state index is 12.1. The molecule has 0 heterocycles. The highest BCUT2D eigenvalue weighted by Crippen LogP contribution is 2.27. The van der Waals surface area contributed by atoms with Crippen molar-refractivity contribution in [2.24, 2.45) is 11.7 Å². The third-order valence-electron chi connectivity index (χ3n) is 3.66. The highest BCUT2D eigenvalue weighted by molar-refractivity contribution is 5.81. The molecule has 1 saturated carbocycles. The van der Waals surface area contributed by atoms with Gasteiger partial charge in [0.2, 0.25) is 5.91 Å². The molecule has 0 radical (unpaired) electrons. The fourth-order valence-electron chi connectivity index (χ4n) is 2.69. The monoisotopic (exact) mass is 254 g/mol. The number of nitrogens with zero attached hydrogens (tertiary/aromatic N) is 1. The quantitative estimate of drug-likeness (QED) is 0.673. The van der Waals surface area contributed by atoms with E-state index in [9.17, 15) is 4.79 Å². The lowest BCUT2D eigenvalue weighted by molar-refractivity contribution is -0.133. The summed E-state index contributed by atoms with van der Waals surface area (Å²) in [4.78, 5) is 13.7. The van der Waals surface area contributed by atoms with Crippen LogP contribution in [-0.2, 0) is 4.79 Å². The standard InChI is InChI=1S/C14H26N2O2/c1-2-8-16(9-10-17)14(18)13(15)11-12-6-4-3-5-7-12/h2,12-13,17H,1,3-11,15H2. The first-order chi connectivity index (χ1) is 8.69. The molecule has 1 aliphatic rings. The SMILES string of the molecule is C=CCN(CCO)C(=O)C(N)CC1CCCCC1. The van der Waals surface area contributed by atoms with Gasteiger partial charge in [0, 0.05) is 13.1 Å². The number of nitrogens with two attached hydrogens (primary N) is 1. The van der Waals surface area contributed by atoms with E-state index in [1.807, 2.05) is 0 Å². The van der Waals surface area contributed by atoms with Crippen LogP contribution in [0.5, 0.6) is 0 Å². The van der Waals surface area contributed by atoms with Crippen LogP contribution in [0.2, 0.25) is 0 Å². The molecule has 0 aliphatic heterocycles. The lowest BCUT2D eigenvalue weighted by Crippen LogP contribution is -2.46. The maximum absolute atomic E-state index is 12.1. The van der Waals surface area contributed by atoms with Crippen molar-refractivity contribution in [3.63, 3.8) is 0 Å². The van der Waals surface area contributed by atoms with Crippen molar-refractivity contribution in [3.05, 3.63) is 12.7 Å². The zero-order valence-electron chi connectivity index (χ0n) is 11.2. The van der Waals surface area contributed by atoms with Gasteiger partial charge in [-0.3, -0.25) is 4.79 Å². The molecule has 0 aromatic heterocycles. The Morgan fingerprint density at radius 2 is 2.11 bits per heavy atom. The second-order valence-electron chi connectivity index (χ2n) is 5.14. The Hall–Kier alpha value is -0.870. The van der Waals surface area contributed by atoms with Crippen molar-refractivity contribution in [2.75, 3.05) is 19.7 Å². The highest BCUT2D eigenvalue weighted by atomic mass is 16.3. The van der Waals surface area contributed by atoms with E-state index in [2.05, 4.69) is 6.58 Å². The lowest BCUT2D eigenvalue weighted by atomic mass is 9.85. The summed E-state index contributed by atoms with van der Waals surface area (Å²) in [6.07, 6.45) is 8.67. The Bertz CT molecular complexity index is 263. The van der Waals surface area contributed by atoms with E-state index >= 15 is 0 Å². The average Bonchev–Trinajstić information content (AvgIpc) is 2.39. The van der Waals surface area contributed by atoms with Crippen LogP contribution in [0.1, 0.15) is 38.5 Å². The molecule has 1 aliphatic carbocycles. The van der Waals surface area contributed by atoms with Gasteiger partial charge in [0.05, 0.1) is 12.6 Å². The van der Waals surface area contributed by atoms with Gasteiger partial charge in [-0.1, -0.05) is 38.2 Å². The van der Waals surface area contributed by atoms with Gasteiger partial charge >= 0.3 is 0 Å². The van der Waals surface area contributed by atoms with Crippen LogP contribution in [0.3, 0.4) is 0 Å². The molecule has 0 aromatic carbocycles. The largest absolute Gasteiger partial charge is 0.395 e. The molecule has 1 amide bonds. The Balaban J connectivity index is 2.43. The van der Waals surface area contributed by atoms with E-state index in [4.69, 9.17) is 10.8 Å². The molecule has 0 saturated heterocycles. The smallest absolute Gasteiger partial charge is 0.239 e. The number of carbonyl (C=O) groups is 1. The average molecular weight is 254 g/mol. The predicted octanol–water partition coefficient (Wildman–Crippen LogP) is 1.29. The molecular weight excluding hydrogens is 228 g/mol. The second kappa shape index (κ2) is 8.27. The van der Waals surface area contributed by atoms with Crippen LogP contribution < -0.4 is 5.73 Å². The Morgan fingerprint density at radius 3 is 2.67 bits per heavy atom. The summed E-state index contributed by atoms with van der Waals surface area (Å²) in [6.45, 7) is 4.38. The Morgan fingerprint density at radius 1 is 1.44 bits per heavy atom. The first-order valence-corrected chi connectivity index (χ1v) is 6.95. The molecule has 0 bridgehead atoms. The molecule has 0 aromatic rings. The van der Waals surface area contributed by atoms with Gasteiger partial charge in [-0.05, 0) is 12.3 Å². The summed E-state index contributed by atoms with van der Waals surface area (Å²) in [5, 5.41) is 8.95. The van der Waals surface area contributed by atoms with Crippen molar-refractivity contribution in [3.8, 4) is 0 Å². The highest BCUT2D eigenvalue weighted by Gasteiger charge is 2.24. The molecule has 4 nitrogen and oxygen atoms in total. The first-order valence-electron chi connectivity index (χ1n) is 6.95.